The first-order valence-corrected chi connectivity index (χ1v) is 7.83. The highest BCUT2D eigenvalue weighted by Gasteiger charge is 2.31. The number of aromatic amines is 1. The molecule has 1 aromatic carbocycles. The van der Waals surface area contributed by atoms with Gasteiger partial charge in [-0.2, -0.15) is 0 Å². The number of H-pyrrole nitrogens is 1. The van der Waals surface area contributed by atoms with Gasteiger partial charge < -0.3 is 15.6 Å². The molecule has 1 atom stereocenters. The molecule has 1 amide bonds. The van der Waals surface area contributed by atoms with E-state index in [9.17, 15) is 9.18 Å². The van der Waals surface area contributed by atoms with Crippen LogP contribution in [0.15, 0.2) is 12.1 Å². The number of nitrogens with two attached hydrogens (primary N) is 1. The van der Waals surface area contributed by atoms with Gasteiger partial charge in [-0.3, -0.25) is 4.79 Å². The molecule has 2 rings (SSSR count). The number of fused-ring (bicyclic) bond motifs is 1. The number of hydrogen-bond acceptors (Lipinski definition) is 2. The molecule has 4 nitrogen and oxygen atoms in total. The Morgan fingerprint density at radius 2 is 1.96 bits per heavy atom. The normalized spacial score (nSPS) is 13.4. The molecule has 0 aliphatic carbocycles. The smallest absolute Gasteiger partial charge is 0.270 e. The Hall–Kier alpha value is -1.88. The van der Waals surface area contributed by atoms with Crippen molar-refractivity contribution in [1.29, 1.82) is 0 Å². The zero-order chi connectivity index (χ0) is 17.5. The number of nitrogens with zero attached hydrogens (tertiary/aromatic N) is 1. The van der Waals surface area contributed by atoms with Crippen LogP contribution in [0.5, 0.6) is 0 Å². The number of aromatic nitrogens is 1. The molecule has 126 valence electrons. The van der Waals surface area contributed by atoms with Crippen molar-refractivity contribution in [2.24, 2.45) is 11.1 Å². The van der Waals surface area contributed by atoms with Gasteiger partial charge in [-0.05, 0) is 37.0 Å². The summed E-state index contributed by atoms with van der Waals surface area (Å²) in [5.74, 6) is -0.370. The molecule has 1 heterocycles. The fourth-order valence-corrected chi connectivity index (χ4v) is 3.14. The molecule has 0 saturated carbocycles. The zero-order valence-electron chi connectivity index (χ0n) is 14.7. The van der Waals surface area contributed by atoms with Gasteiger partial charge >= 0.3 is 0 Å². The van der Waals surface area contributed by atoms with Crippen LogP contribution in [-0.2, 0) is 0 Å². The van der Waals surface area contributed by atoms with Crippen molar-refractivity contribution >= 4 is 16.8 Å². The number of hydrogen-bond donors (Lipinski definition) is 2. The molecule has 0 radical (unpaired) electrons. The third-order valence-corrected chi connectivity index (χ3v) is 4.51. The monoisotopic (exact) mass is 319 g/mol. The van der Waals surface area contributed by atoms with Crippen molar-refractivity contribution in [2.75, 3.05) is 13.6 Å². The highest BCUT2D eigenvalue weighted by Crippen LogP contribution is 2.27. The van der Waals surface area contributed by atoms with Crippen LogP contribution in [0, 0.1) is 25.1 Å². The van der Waals surface area contributed by atoms with Gasteiger partial charge in [0.15, 0.2) is 0 Å². The fourth-order valence-electron chi connectivity index (χ4n) is 3.14. The SMILES string of the molecule is Cc1cc2cc(C(=O)N(C)[C@H](CN)C(C)(C)C)[nH]c2c(C)c1F. The van der Waals surface area contributed by atoms with Gasteiger partial charge in [-0.25, -0.2) is 4.39 Å². The molecule has 23 heavy (non-hydrogen) atoms. The summed E-state index contributed by atoms with van der Waals surface area (Å²) in [7, 11) is 1.76. The lowest BCUT2D eigenvalue weighted by atomic mass is 9.85. The molecular formula is C18H26FN3O. The van der Waals surface area contributed by atoms with Gasteiger partial charge in [0.05, 0.1) is 5.52 Å². The quantitative estimate of drug-likeness (QED) is 0.911. The van der Waals surface area contributed by atoms with Crippen molar-refractivity contribution in [3.63, 3.8) is 0 Å². The van der Waals surface area contributed by atoms with Gasteiger partial charge in [0, 0.05) is 30.6 Å². The summed E-state index contributed by atoms with van der Waals surface area (Å²) >= 11 is 0. The van der Waals surface area contributed by atoms with E-state index in [0.29, 0.717) is 28.9 Å². The molecule has 2 aromatic rings. The molecule has 0 fully saturated rings. The van der Waals surface area contributed by atoms with E-state index in [0.717, 1.165) is 5.39 Å². The van der Waals surface area contributed by atoms with Crippen LogP contribution in [0.25, 0.3) is 10.9 Å². The van der Waals surface area contributed by atoms with Crippen molar-refractivity contribution in [2.45, 2.75) is 40.7 Å². The van der Waals surface area contributed by atoms with Crippen LogP contribution in [-0.4, -0.2) is 35.4 Å². The fraction of sp³-hybridized carbons (Fsp3) is 0.500. The highest BCUT2D eigenvalue weighted by atomic mass is 19.1. The van der Waals surface area contributed by atoms with E-state index in [1.165, 1.54) is 0 Å². The third kappa shape index (κ3) is 3.11. The molecule has 0 spiro atoms. The van der Waals surface area contributed by atoms with Crippen LogP contribution in [0.3, 0.4) is 0 Å². The number of benzene rings is 1. The first-order chi connectivity index (χ1) is 10.6. The van der Waals surface area contributed by atoms with Gasteiger partial charge in [-0.15, -0.1) is 0 Å². The van der Waals surface area contributed by atoms with E-state index >= 15 is 0 Å². The summed E-state index contributed by atoms with van der Waals surface area (Å²) in [4.78, 5) is 17.5. The number of halogens is 1. The lowest BCUT2D eigenvalue weighted by Gasteiger charge is -2.37. The Morgan fingerprint density at radius 3 is 2.48 bits per heavy atom. The van der Waals surface area contributed by atoms with Crippen molar-refractivity contribution in [3.8, 4) is 0 Å². The standard InChI is InChI=1S/C18H26FN3O/c1-10-7-12-8-13(21-16(12)11(2)15(10)19)17(23)22(6)14(9-20)18(3,4)5/h7-8,14,21H,9,20H2,1-6H3/t14-/m1/s1. The molecule has 0 saturated heterocycles. The van der Waals surface area contributed by atoms with Crippen molar-refractivity contribution < 1.29 is 9.18 Å². The second-order valence-electron chi connectivity index (χ2n) is 7.31. The van der Waals surface area contributed by atoms with Gasteiger partial charge in [0.25, 0.3) is 5.91 Å². The van der Waals surface area contributed by atoms with Crippen LogP contribution in [0.2, 0.25) is 0 Å². The Balaban J connectivity index is 2.44. The van der Waals surface area contributed by atoms with E-state index in [2.05, 4.69) is 25.8 Å². The predicted octanol–water partition coefficient (Wildman–Crippen LogP) is 3.37. The summed E-state index contributed by atoms with van der Waals surface area (Å²) in [5, 5.41) is 0.846. The summed E-state index contributed by atoms with van der Waals surface area (Å²) in [6, 6.07) is 3.46. The van der Waals surface area contributed by atoms with E-state index in [4.69, 9.17) is 5.73 Å². The highest BCUT2D eigenvalue weighted by molar-refractivity contribution is 5.99. The van der Waals surface area contributed by atoms with E-state index < -0.39 is 0 Å². The van der Waals surface area contributed by atoms with Gasteiger partial charge in [0.2, 0.25) is 0 Å². The predicted molar refractivity (Wildman–Crippen MR) is 92.1 cm³/mol. The lowest BCUT2D eigenvalue weighted by molar-refractivity contribution is 0.0607. The summed E-state index contributed by atoms with van der Waals surface area (Å²) in [6.45, 7) is 10.0. The molecule has 0 unspecified atom stereocenters. The number of carbonyl (C=O) groups is 1. The first kappa shape index (κ1) is 17.5. The minimum Gasteiger partial charge on any atom is -0.350 e. The molecule has 0 bridgehead atoms. The van der Waals surface area contributed by atoms with Gasteiger partial charge in [-0.1, -0.05) is 20.8 Å². The first-order valence-electron chi connectivity index (χ1n) is 7.83. The third-order valence-electron chi connectivity index (χ3n) is 4.51. The molecule has 0 aliphatic rings. The largest absolute Gasteiger partial charge is 0.350 e. The van der Waals surface area contributed by atoms with E-state index in [-0.39, 0.29) is 23.2 Å². The molecule has 3 N–H and O–H groups in total. The average molecular weight is 319 g/mol. The number of carbonyl (C=O) groups excluding carboxylic acids is 1. The van der Waals surface area contributed by atoms with Crippen LogP contribution >= 0.6 is 0 Å². The Morgan fingerprint density at radius 1 is 1.35 bits per heavy atom. The number of aryl methyl sites for hydroxylation is 2. The average Bonchev–Trinajstić information content (AvgIpc) is 2.87. The maximum atomic E-state index is 14.0. The van der Waals surface area contributed by atoms with E-state index in [1.807, 2.05) is 0 Å². The number of rotatable bonds is 3. The second-order valence-corrected chi connectivity index (χ2v) is 7.31. The lowest BCUT2D eigenvalue weighted by Crippen LogP contribution is -2.49. The second kappa shape index (κ2) is 5.96. The maximum Gasteiger partial charge on any atom is 0.270 e. The van der Waals surface area contributed by atoms with E-state index in [1.54, 1.807) is 37.9 Å². The number of likely N-dealkylation sites (N-methyl/N-ethyl adjacent to an activating group) is 1. The molecule has 0 aliphatic heterocycles. The molecule has 1 aromatic heterocycles. The minimum atomic E-state index is -0.235. The molecular weight excluding hydrogens is 293 g/mol. The van der Waals surface area contributed by atoms with Crippen LogP contribution in [0.1, 0.15) is 42.4 Å². The topological polar surface area (TPSA) is 62.1 Å². The van der Waals surface area contributed by atoms with Crippen molar-refractivity contribution in [1.82, 2.24) is 9.88 Å². The Kier molecular flexibility index (Phi) is 4.53. The minimum absolute atomic E-state index is 0.0824. The summed E-state index contributed by atoms with van der Waals surface area (Å²) in [5.41, 5.74) is 7.98. The Bertz CT molecular complexity index is 743. The van der Waals surface area contributed by atoms with Crippen LogP contribution in [0.4, 0.5) is 4.39 Å². The van der Waals surface area contributed by atoms with Crippen molar-refractivity contribution in [3.05, 3.63) is 34.8 Å². The molecule has 5 heteroatoms. The summed E-state index contributed by atoms with van der Waals surface area (Å²) < 4.78 is 14.0. The van der Waals surface area contributed by atoms with Crippen LogP contribution < -0.4 is 5.73 Å². The zero-order valence-corrected chi connectivity index (χ0v) is 14.7. The maximum absolute atomic E-state index is 14.0. The number of nitrogens with one attached hydrogen (secondary N) is 1. The Labute approximate surface area is 136 Å². The van der Waals surface area contributed by atoms with Gasteiger partial charge in [0.1, 0.15) is 11.5 Å². The number of amides is 1. The summed E-state index contributed by atoms with van der Waals surface area (Å²) in [6.07, 6.45) is 0.